The van der Waals surface area contributed by atoms with Gasteiger partial charge in [-0.3, -0.25) is 9.69 Å². The minimum absolute atomic E-state index is 0.187. The fraction of sp³-hybridized carbons (Fsp3) is 0.304. The lowest BCUT2D eigenvalue weighted by molar-refractivity contribution is -0.110. The van der Waals surface area contributed by atoms with Crippen molar-refractivity contribution in [1.29, 1.82) is 0 Å². The molecule has 1 aliphatic carbocycles. The summed E-state index contributed by atoms with van der Waals surface area (Å²) in [6.07, 6.45) is 0. The van der Waals surface area contributed by atoms with Crippen LogP contribution in [0, 0.1) is 11.8 Å². The van der Waals surface area contributed by atoms with Gasteiger partial charge in [0.1, 0.15) is 12.3 Å². The van der Waals surface area contributed by atoms with Crippen LogP contribution in [0.3, 0.4) is 0 Å². The molecule has 4 aliphatic rings. The van der Waals surface area contributed by atoms with Gasteiger partial charge in [0.05, 0.1) is 11.3 Å². The number of rotatable bonds is 4. The van der Waals surface area contributed by atoms with Crippen molar-refractivity contribution < 1.29 is 9.63 Å². The van der Waals surface area contributed by atoms with Gasteiger partial charge in [-0.25, -0.2) is 0 Å². The summed E-state index contributed by atoms with van der Waals surface area (Å²) < 4.78 is 0. The summed E-state index contributed by atoms with van der Waals surface area (Å²) in [5.41, 5.74) is 11.1. The van der Waals surface area contributed by atoms with Crippen molar-refractivity contribution in [2.24, 2.45) is 22.7 Å². The third-order valence-electron chi connectivity index (χ3n) is 6.65. The number of hydrogen-bond acceptors (Lipinski definition) is 6. The highest BCUT2D eigenvalue weighted by Gasteiger charge is 2.53. The monoisotopic (exact) mass is 435 g/mol. The van der Waals surface area contributed by atoms with Crippen LogP contribution in [-0.4, -0.2) is 48.8 Å². The van der Waals surface area contributed by atoms with E-state index < -0.39 is 0 Å². The second-order valence-electron chi connectivity index (χ2n) is 8.50. The Morgan fingerprint density at radius 1 is 1.10 bits per heavy atom. The average molecular weight is 436 g/mol. The van der Waals surface area contributed by atoms with Gasteiger partial charge in [0, 0.05) is 53.2 Å². The van der Waals surface area contributed by atoms with Crippen LogP contribution in [0.4, 0.5) is 11.4 Å². The van der Waals surface area contributed by atoms with Gasteiger partial charge in [0.2, 0.25) is 0 Å². The van der Waals surface area contributed by atoms with Gasteiger partial charge in [-0.1, -0.05) is 35.0 Å². The van der Waals surface area contributed by atoms with Crippen molar-refractivity contribution in [3.8, 4) is 0 Å². The van der Waals surface area contributed by atoms with Gasteiger partial charge < -0.3 is 21.2 Å². The predicted molar refractivity (Wildman–Crippen MR) is 121 cm³/mol. The van der Waals surface area contributed by atoms with Crippen LogP contribution in [-0.2, 0) is 9.63 Å². The molecule has 0 aromatic heterocycles. The Morgan fingerprint density at radius 3 is 2.71 bits per heavy atom. The van der Waals surface area contributed by atoms with E-state index in [1.54, 1.807) is 12.1 Å². The van der Waals surface area contributed by atoms with Crippen LogP contribution < -0.4 is 16.4 Å². The average Bonchev–Trinajstić information content (AvgIpc) is 3.15. The highest BCUT2D eigenvalue weighted by atomic mass is 35.5. The quantitative estimate of drug-likeness (QED) is 0.390. The summed E-state index contributed by atoms with van der Waals surface area (Å²) in [6.45, 7) is 3.39. The normalized spacial score (nSPS) is 29.4. The summed E-state index contributed by atoms with van der Waals surface area (Å²) in [6, 6.07) is 13.6. The summed E-state index contributed by atoms with van der Waals surface area (Å²) in [7, 11) is 0. The molecule has 6 rings (SSSR count). The number of piperidine rings is 1. The third kappa shape index (κ3) is 3.12. The molecule has 2 aromatic rings. The maximum Gasteiger partial charge on any atom is 0.258 e. The molecule has 7 nitrogen and oxygen atoms in total. The minimum atomic E-state index is -0.187. The zero-order valence-corrected chi connectivity index (χ0v) is 17.5. The number of nitrogens with two attached hydrogens (primary N) is 1. The molecule has 0 unspecified atom stereocenters. The van der Waals surface area contributed by atoms with E-state index in [4.69, 9.17) is 22.2 Å². The smallest absolute Gasteiger partial charge is 0.258 e. The Morgan fingerprint density at radius 2 is 1.87 bits per heavy atom. The molecule has 1 amide bonds. The molecule has 158 valence electrons. The van der Waals surface area contributed by atoms with Crippen LogP contribution in [0.15, 0.2) is 53.3 Å². The maximum atomic E-state index is 12.8. The van der Waals surface area contributed by atoms with Crippen molar-refractivity contribution in [2.45, 2.75) is 6.04 Å². The Kier molecular flexibility index (Phi) is 4.31. The van der Waals surface area contributed by atoms with E-state index in [-0.39, 0.29) is 5.91 Å². The number of hydrogen-bond donors (Lipinski definition) is 3. The summed E-state index contributed by atoms with van der Waals surface area (Å²) in [5.74, 6) is 1.12. The van der Waals surface area contributed by atoms with Crippen LogP contribution in [0.25, 0.3) is 5.57 Å². The molecule has 0 bridgehead atoms. The Balaban J connectivity index is 1.28. The van der Waals surface area contributed by atoms with Crippen LogP contribution in [0.5, 0.6) is 0 Å². The second kappa shape index (κ2) is 7.09. The molecule has 3 aliphatic heterocycles. The minimum Gasteiger partial charge on any atom is -0.394 e. The number of para-hydroxylation sites is 1. The fourth-order valence-corrected chi connectivity index (χ4v) is 5.08. The molecule has 8 heteroatoms. The molecule has 1 saturated heterocycles. The Bertz CT molecular complexity index is 1150. The number of nitrogens with zero attached hydrogens (tertiary/aromatic N) is 2. The molecule has 2 fully saturated rings. The first kappa shape index (κ1) is 18.9. The van der Waals surface area contributed by atoms with E-state index in [0.717, 1.165) is 42.1 Å². The number of oxime groups is 1. The molecular formula is C23H22ClN5O2. The van der Waals surface area contributed by atoms with Gasteiger partial charge in [0.15, 0.2) is 0 Å². The van der Waals surface area contributed by atoms with E-state index in [0.29, 0.717) is 46.5 Å². The second-order valence-corrected chi connectivity index (χ2v) is 8.94. The summed E-state index contributed by atoms with van der Waals surface area (Å²) in [4.78, 5) is 20.9. The number of amides is 1. The van der Waals surface area contributed by atoms with E-state index in [1.165, 1.54) is 0 Å². The number of halogens is 1. The lowest BCUT2D eigenvalue weighted by Gasteiger charge is -2.17. The molecule has 31 heavy (non-hydrogen) atoms. The molecule has 2 aromatic carbocycles. The van der Waals surface area contributed by atoms with E-state index in [1.807, 2.05) is 30.3 Å². The van der Waals surface area contributed by atoms with E-state index >= 15 is 0 Å². The molecular weight excluding hydrogens is 414 g/mol. The summed E-state index contributed by atoms with van der Waals surface area (Å²) >= 11 is 6.21. The molecule has 3 heterocycles. The number of allylic oxidation sites excluding steroid dienone is 1. The number of benzene rings is 2. The molecule has 0 spiro atoms. The number of anilines is 2. The van der Waals surface area contributed by atoms with E-state index in [2.05, 4.69) is 20.7 Å². The lowest BCUT2D eigenvalue weighted by atomic mass is 10.0. The first-order valence-corrected chi connectivity index (χ1v) is 10.9. The first-order chi connectivity index (χ1) is 15.1. The van der Waals surface area contributed by atoms with Crippen molar-refractivity contribution in [3.05, 3.63) is 64.3 Å². The number of carbonyl (C=O) groups is 1. The fourth-order valence-electron chi connectivity index (χ4n) is 4.91. The van der Waals surface area contributed by atoms with Gasteiger partial charge in [0.25, 0.3) is 5.91 Å². The number of likely N-dealkylation sites (tertiary alicyclic amines) is 1. The van der Waals surface area contributed by atoms with Gasteiger partial charge >= 0.3 is 0 Å². The Labute approximate surface area is 184 Å². The number of nitrogens with one attached hydrogen (secondary N) is 2. The molecule has 1 saturated carbocycles. The van der Waals surface area contributed by atoms with Gasteiger partial charge in [-0.15, -0.1) is 0 Å². The zero-order chi connectivity index (χ0) is 21.1. The van der Waals surface area contributed by atoms with Crippen molar-refractivity contribution in [1.82, 2.24) is 4.90 Å². The third-order valence-corrected chi connectivity index (χ3v) is 6.88. The SMILES string of the molecule is N[C@H]1[C@H]2CN(CCO/N=C3/C(=C4/C(=O)Nc5ccc(Cl)cc54)Nc4ccccc43)C[C@@H]12. The number of carbonyl (C=O) groups excluding carboxylic acids is 1. The molecule has 0 radical (unpaired) electrons. The van der Waals surface area contributed by atoms with E-state index in [9.17, 15) is 4.79 Å². The topological polar surface area (TPSA) is 92.0 Å². The predicted octanol–water partition coefficient (Wildman–Crippen LogP) is 2.74. The van der Waals surface area contributed by atoms with Crippen molar-refractivity contribution in [2.75, 3.05) is 36.9 Å². The zero-order valence-electron chi connectivity index (χ0n) is 16.8. The van der Waals surface area contributed by atoms with Gasteiger partial charge in [-0.05, 0) is 36.1 Å². The highest BCUT2D eigenvalue weighted by molar-refractivity contribution is 6.40. The van der Waals surface area contributed by atoms with Gasteiger partial charge in [-0.2, -0.15) is 0 Å². The lowest BCUT2D eigenvalue weighted by Crippen LogP contribution is -2.30. The standard InChI is InChI=1S/C23H22ClN5O2/c24-12-5-6-18-14(9-12)19(23(30)27-18)22-21(13-3-1-2-4-17(13)26-22)28-31-8-7-29-10-15-16(11-29)20(15)25/h1-6,9,15-16,20,26H,7-8,10-11,25H2,(H,27,30)/b22-19-,28-21+/t15-,16+,20-. The molecule has 3 atom stereocenters. The highest BCUT2D eigenvalue weighted by Crippen LogP contribution is 2.43. The first-order valence-electron chi connectivity index (χ1n) is 10.5. The summed E-state index contributed by atoms with van der Waals surface area (Å²) in [5, 5.41) is 11.3. The Hall–Kier alpha value is -2.87. The van der Waals surface area contributed by atoms with Crippen molar-refractivity contribution >= 4 is 40.2 Å². The van der Waals surface area contributed by atoms with Crippen LogP contribution >= 0.6 is 11.6 Å². The molecule has 4 N–H and O–H groups in total. The largest absolute Gasteiger partial charge is 0.394 e. The maximum absolute atomic E-state index is 12.8. The number of fused-ring (bicyclic) bond motifs is 3. The van der Waals surface area contributed by atoms with Crippen LogP contribution in [0.1, 0.15) is 11.1 Å². The van der Waals surface area contributed by atoms with Crippen LogP contribution in [0.2, 0.25) is 5.02 Å². The van der Waals surface area contributed by atoms with Crippen molar-refractivity contribution in [3.63, 3.8) is 0 Å².